The van der Waals surface area contributed by atoms with Crippen molar-refractivity contribution < 1.29 is 9.53 Å². The topological polar surface area (TPSA) is 38.3 Å². The van der Waals surface area contributed by atoms with E-state index in [2.05, 4.69) is 63.3 Å². The van der Waals surface area contributed by atoms with Crippen LogP contribution in [0.3, 0.4) is 0 Å². The SMILES string of the molecule is CC[C@@H](NC(=O)[C@H](C)Oc1ccc(C(C)(C)C)cc1)c1ccc2c(c1)CCCC2. The standard InChI is InChI=1S/C26H35NO2/c1-6-24(21-12-11-19-9-7-8-10-20(19)17-21)27-25(28)18(2)29-23-15-13-22(14-16-23)26(3,4)5/h11-18,24H,6-10H2,1-5H3,(H,27,28)/t18-,24+/m0/s1. The third-order valence-corrected chi connectivity index (χ3v) is 5.90. The number of nitrogens with one attached hydrogen (secondary N) is 1. The minimum absolute atomic E-state index is 0.0176. The fourth-order valence-corrected chi connectivity index (χ4v) is 3.97. The van der Waals surface area contributed by atoms with Gasteiger partial charge in [0.25, 0.3) is 5.91 Å². The molecular weight excluding hydrogens is 358 g/mol. The van der Waals surface area contributed by atoms with Gasteiger partial charge in [-0.25, -0.2) is 0 Å². The van der Waals surface area contributed by atoms with Crippen molar-refractivity contribution in [1.29, 1.82) is 0 Å². The van der Waals surface area contributed by atoms with Crippen LogP contribution in [0.25, 0.3) is 0 Å². The second-order valence-electron chi connectivity index (χ2n) is 9.24. The number of carbonyl (C=O) groups is 1. The second-order valence-corrected chi connectivity index (χ2v) is 9.24. The highest BCUT2D eigenvalue weighted by molar-refractivity contribution is 5.81. The first-order valence-corrected chi connectivity index (χ1v) is 11.0. The highest BCUT2D eigenvalue weighted by Crippen LogP contribution is 2.27. The highest BCUT2D eigenvalue weighted by Gasteiger charge is 2.21. The van der Waals surface area contributed by atoms with Crippen LogP contribution in [0.1, 0.15) is 82.2 Å². The first-order valence-electron chi connectivity index (χ1n) is 11.0. The summed E-state index contributed by atoms with van der Waals surface area (Å²) in [5.41, 5.74) is 5.47. The lowest BCUT2D eigenvalue weighted by Gasteiger charge is -2.24. The van der Waals surface area contributed by atoms with Crippen LogP contribution >= 0.6 is 0 Å². The lowest BCUT2D eigenvalue weighted by molar-refractivity contribution is -0.128. The van der Waals surface area contributed by atoms with E-state index in [1.807, 2.05) is 19.1 Å². The zero-order chi connectivity index (χ0) is 21.0. The van der Waals surface area contributed by atoms with Crippen LogP contribution in [0.15, 0.2) is 42.5 Å². The Morgan fingerprint density at radius 1 is 1.03 bits per heavy atom. The number of carbonyl (C=O) groups excluding carboxylic acids is 1. The monoisotopic (exact) mass is 393 g/mol. The number of amides is 1. The van der Waals surface area contributed by atoms with Crippen molar-refractivity contribution in [2.45, 2.75) is 84.3 Å². The Hall–Kier alpha value is -2.29. The van der Waals surface area contributed by atoms with E-state index in [1.54, 1.807) is 0 Å². The number of rotatable bonds is 6. The third kappa shape index (κ3) is 5.41. The summed E-state index contributed by atoms with van der Waals surface area (Å²) in [4.78, 5) is 12.8. The highest BCUT2D eigenvalue weighted by atomic mass is 16.5. The number of ether oxygens (including phenoxy) is 1. The quantitative estimate of drug-likeness (QED) is 0.664. The summed E-state index contributed by atoms with van der Waals surface area (Å²) in [6, 6.07) is 14.8. The van der Waals surface area contributed by atoms with E-state index in [9.17, 15) is 4.79 Å². The summed E-state index contributed by atoms with van der Waals surface area (Å²) in [6.45, 7) is 10.5. The van der Waals surface area contributed by atoms with Gasteiger partial charge in [0.2, 0.25) is 0 Å². The van der Waals surface area contributed by atoms with Crippen LogP contribution in [0.2, 0.25) is 0 Å². The van der Waals surface area contributed by atoms with Gasteiger partial charge in [-0.15, -0.1) is 0 Å². The molecule has 0 fully saturated rings. The molecular formula is C26H35NO2. The molecule has 0 heterocycles. The van der Waals surface area contributed by atoms with Crippen LogP contribution in [-0.4, -0.2) is 12.0 Å². The van der Waals surface area contributed by atoms with Crippen molar-refractivity contribution in [2.75, 3.05) is 0 Å². The summed E-state index contributed by atoms with van der Waals surface area (Å²) < 4.78 is 5.90. The average molecular weight is 394 g/mol. The molecule has 1 amide bonds. The summed E-state index contributed by atoms with van der Waals surface area (Å²) >= 11 is 0. The third-order valence-electron chi connectivity index (χ3n) is 5.90. The van der Waals surface area contributed by atoms with E-state index in [0.717, 1.165) is 18.6 Å². The fraction of sp³-hybridized carbons (Fsp3) is 0.500. The molecule has 0 radical (unpaired) electrons. The van der Waals surface area contributed by atoms with E-state index in [-0.39, 0.29) is 17.4 Å². The number of benzene rings is 2. The van der Waals surface area contributed by atoms with Gasteiger partial charge in [-0.1, -0.05) is 58.0 Å². The molecule has 0 aromatic heterocycles. The molecule has 0 spiro atoms. The molecule has 0 unspecified atom stereocenters. The molecule has 0 aliphatic heterocycles. The zero-order valence-electron chi connectivity index (χ0n) is 18.5. The zero-order valence-corrected chi connectivity index (χ0v) is 18.5. The minimum Gasteiger partial charge on any atom is -0.481 e. The van der Waals surface area contributed by atoms with Crippen molar-refractivity contribution in [3.8, 4) is 5.75 Å². The van der Waals surface area contributed by atoms with E-state index in [0.29, 0.717) is 0 Å². The lowest BCUT2D eigenvalue weighted by Crippen LogP contribution is -2.38. The summed E-state index contributed by atoms with van der Waals surface area (Å²) in [7, 11) is 0. The molecule has 3 nitrogen and oxygen atoms in total. The summed E-state index contributed by atoms with van der Waals surface area (Å²) in [6.07, 6.45) is 5.19. The lowest BCUT2D eigenvalue weighted by atomic mass is 9.87. The van der Waals surface area contributed by atoms with Gasteiger partial charge in [0.05, 0.1) is 6.04 Å². The molecule has 3 heteroatoms. The van der Waals surface area contributed by atoms with Crippen molar-refractivity contribution in [2.24, 2.45) is 0 Å². The molecule has 1 N–H and O–H groups in total. The van der Waals surface area contributed by atoms with Gasteiger partial charge < -0.3 is 10.1 Å². The van der Waals surface area contributed by atoms with Gasteiger partial charge in [0, 0.05) is 0 Å². The number of hydrogen-bond donors (Lipinski definition) is 1. The van der Waals surface area contributed by atoms with Gasteiger partial charge in [-0.3, -0.25) is 4.79 Å². The Morgan fingerprint density at radius 3 is 2.31 bits per heavy atom. The van der Waals surface area contributed by atoms with Gasteiger partial charge in [-0.2, -0.15) is 0 Å². The maximum atomic E-state index is 12.8. The smallest absolute Gasteiger partial charge is 0.261 e. The van der Waals surface area contributed by atoms with Crippen molar-refractivity contribution in [3.63, 3.8) is 0 Å². The molecule has 2 aromatic carbocycles. The largest absolute Gasteiger partial charge is 0.481 e. The predicted octanol–water partition coefficient (Wildman–Crippen LogP) is 5.90. The van der Waals surface area contributed by atoms with Gasteiger partial charge in [0.1, 0.15) is 5.75 Å². The molecule has 0 saturated heterocycles. The second kappa shape index (κ2) is 9.02. The normalized spacial score (nSPS) is 15.9. The van der Waals surface area contributed by atoms with Crippen molar-refractivity contribution >= 4 is 5.91 Å². The van der Waals surface area contributed by atoms with Crippen LogP contribution in [0, 0.1) is 0 Å². The van der Waals surface area contributed by atoms with Crippen LogP contribution in [0.4, 0.5) is 0 Å². The van der Waals surface area contributed by atoms with Gasteiger partial charge >= 0.3 is 0 Å². The number of hydrogen-bond acceptors (Lipinski definition) is 2. The summed E-state index contributed by atoms with van der Waals surface area (Å²) in [5.74, 6) is 0.650. The summed E-state index contributed by atoms with van der Waals surface area (Å²) in [5, 5.41) is 3.18. The Morgan fingerprint density at radius 2 is 1.69 bits per heavy atom. The van der Waals surface area contributed by atoms with Gasteiger partial charge in [-0.05, 0) is 78.8 Å². The van der Waals surface area contributed by atoms with E-state index in [1.165, 1.54) is 41.5 Å². The maximum Gasteiger partial charge on any atom is 0.261 e. The van der Waals surface area contributed by atoms with Crippen LogP contribution in [0.5, 0.6) is 5.75 Å². The van der Waals surface area contributed by atoms with Gasteiger partial charge in [0.15, 0.2) is 6.10 Å². The first-order chi connectivity index (χ1) is 13.8. The average Bonchev–Trinajstić information content (AvgIpc) is 2.71. The maximum absolute atomic E-state index is 12.8. The van der Waals surface area contributed by atoms with Crippen molar-refractivity contribution in [3.05, 3.63) is 64.7 Å². The molecule has 1 aliphatic rings. The molecule has 156 valence electrons. The fourth-order valence-electron chi connectivity index (χ4n) is 3.97. The Kier molecular flexibility index (Phi) is 6.66. The Balaban J connectivity index is 1.63. The van der Waals surface area contributed by atoms with E-state index >= 15 is 0 Å². The molecule has 0 saturated carbocycles. The molecule has 29 heavy (non-hydrogen) atoms. The minimum atomic E-state index is -0.540. The molecule has 3 rings (SSSR count). The van der Waals surface area contributed by atoms with Crippen LogP contribution < -0.4 is 10.1 Å². The molecule has 1 aliphatic carbocycles. The predicted molar refractivity (Wildman–Crippen MR) is 119 cm³/mol. The number of aryl methyl sites for hydroxylation is 2. The Labute approximate surface area is 175 Å². The Bertz CT molecular complexity index is 833. The molecule has 2 atom stereocenters. The van der Waals surface area contributed by atoms with Crippen LogP contribution in [-0.2, 0) is 23.1 Å². The molecule has 2 aromatic rings. The van der Waals surface area contributed by atoms with E-state index < -0.39 is 6.10 Å². The van der Waals surface area contributed by atoms with Crippen molar-refractivity contribution in [1.82, 2.24) is 5.32 Å². The van der Waals surface area contributed by atoms with E-state index in [4.69, 9.17) is 4.74 Å². The molecule has 0 bridgehead atoms. The first kappa shape index (κ1) is 21.4. The number of fused-ring (bicyclic) bond motifs is 1.